The molecule has 5 heteroatoms. The Morgan fingerprint density at radius 3 is 2.61 bits per heavy atom. The van der Waals surface area contributed by atoms with E-state index in [1.54, 1.807) is 0 Å². The molecular weight excluding hydrogens is 240 g/mol. The molecule has 0 saturated heterocycles. The Kier molecular flexibility index (Phi) is 3.61. The number of aliphatic hydroxyl groups is 1. The summed E-state index contributed by atoms with van der Waals surface area (Å²) in [5, 5.41) is 12.4. The number of carbonyl (C=O) groups excluding carboxylic acids is 1. The van der Waals surface area contributed by atoms with Crippen molar-refractivity contribution in [2.24, 2.45) is 0 Å². The van der Waals surface area contributed by atoms with Gasteiger partial charge in [0, 0.05) is 6.07 Å². The molecule has 0 bridgehead atoms. The molecular formula is C13H15F2NO2. The minimum Gasteiger partial charge on any atom is -0.389 e. The molecule has 1 amide bonds. The zero-order chi connectivity index (χ0) is 13.2. The van der Waals surface area contributed by atoms with Crippen molar-refractivity contribution >= 4 is 11.6 Å². The fraction of sp³-hybridized carbons (Fsp3) is 0.462. The summed E-state index contributed by atoms with van der Waals surface area (Å²) < 4.78 is 26.0. The third-order valence-corrected chi connectivity index (χ3v) is 3.23. The molecule has 0 heterocycles. The van der Waals surface area contributed by atoms with Crippen molar-refractivity contribution in [3.8, 4) is 0 Å². The maximum atomic E-state index is 13.3. The lowest BCUT2D eigenvalue weighted by atomic mass is 9.97. The van der Waals surface area contributed by atoms with E-state index in [9.17, 15) is 18.7 Å². The molecule has 2 N–H and O–H groups in total. The van der Waals surface area contributed by atoms with Crippen LogP contribution in [0.1, 0.15) is 32.1 Å². The van der Waals surface area contributed by atoms with Gasteiger partial charge in [-0.05, 0) is 25.0 Å². The summed E-state index contributed by atoms with van der Waals surface area (Å²) in [6, 6.07) is 2.95. The van der Waals surface area contributed by atoms with Crippen LogP contribution in [-0.2, 0) is 4.79 Å². The van der Waals surface area contributed by atoms with E-state index in [-0.39, 0.29) is 12.1 Å². The molecule has 1 aromatic carbocycles. The fourth-order valence-corrected chi connectivity index (χ4v) is 2.29. The van der Waals surface area contributed by atoms with Crippen LogP contribution in [0, 0.1) is 11.6 Å². The number of hydrogen-bond donors (Lipinski definition) is 2. The van der Waals surface area contributed by atoms with Crippen LogP contribution in [0.25, 0.3) is 0 Å². The number of carbonyl (C=O) groups is 1. The van der Waals surface area contributed by atoms with Gasteiger partial charge in [0.25, 0.3) is 0 Å². The van der Waals surface area contributed by atoms with Gasteiger partial charge in [0.1, 0.15) is 11.6 Å². The molecule has 0 atom stereocenters. The molecule has 0 radical (unpaired) electrons. The maximum Gasteiger partial charge on any atom is 0.227 e. The molecule has 1 aliphatic carbocycles. The molecule has 18 heavy (non-hydrogen) atoms. The largest absolute Gasteiger partial charge is 0.389 e. The number of amides is 1. The van der Waals surface area contributed by atoms with Crippen molar-refractivity contribution in [1.82, 2.24) is 0 Å². The molecule has 1 fully saturated rings. The third kappa shape index (κ3) is 3.04. The average Bonchev–Trinajstić information content (AvgIpc) is 2.69. The monoisotopic (exact) mass is 255 g/mol. The molecule has 0 aliphatic heterocycles. The minimum atomic E-state index is -0.972. The molecule has 3 nitrogen and oxygen atoms in total. The summed E-state index contributed by atoms with van der Waals surface area (Å²) in [7, 11) is 0. The smallest absolute Gasteiger partial charge is 0.227 e. The van der Waals surface area contributed by atoms with Crippen molar-refractivity contribution in [2.75, 3.05) is 5.32 Å². The Balaban J connectivity index is 1.98. The number of halogens is 2. The number of benzene rings is 1. The molecule has 2 rings (SSSR count). The van der Waals surface area contributed by atoms with Gasteiger partial charge in [-0.1, -0.05) is 12.8 Å². The van der Waals surface area contributed by atoms with Crippen molar-refractivity contribution in [3.05, 3.63) is 29.8 Å². The van der Waals surface area contributed by atoms with Gasteiger partial charge in [-0.3, -0.25) is 4.79 Å². The van der Waals surface area contributed by atoms with Crippen molar-refractivity contribution in [1.29, 1.82) is 0 Å². The van der Waals surface area contributed by atoms with Crippen molar-refractivity contribution in [2.45, 2.75) is 37.7 Å². The first kappa shape index (κ1) is 13.0. The highest BCUT2D eigenvalue weighted by molar-refractivity contribution is 5.91. The maximum absolute atomic E-state index is 13.3. The summed E-state index contributed by atoms with van der Waals surface area (Å²) in [5.41, 5.74) is -1.04. The molecule has 0 spiro atoms. The summed E-state index contributed by atoms with van der Waals surface area (Å²) in [6.45, 7) is 0. The second-order valence-corrected chi connectivity index (χ2v) is 4.78. The summed E-state index contributed by atoms with van der Waals surface area (Å²) in [6.07, 6.45) is 2.92. The Morgan fingerprint density at radius 1 is 1.33 bits per heavy atom. The lowest BCUT2D eigenvalue weighted by Gasteiger charge is -2.21. The highest BCUT2D eigenvalue weighted by Crippen LogP contribution is 2.32. The van der Waals surface area contributed by atoms with Gasteiger partial charge < -0.3 is 10.4 Å². The van der Waals surface area contributed by atoms with E-state index in [1.807, 2.05) is 0 Å². The lowest BCUT2D eigenvalue weighted by Crippen LogP contribution is -2.30. The van der Waals surface area contributed by atoms with E-state index < -0.39 is 23.1 Å². The number of anilines is 1. The molecule has 0 aromatic heterocycles. The van der Waals surface area contributed by atoms with Crippen LogP contribution in [0.15, 0.2) is 18.2 Å². The Bertz CT molecular complexity index is 456. The number of hydrogen-bond acceptors (Lipinski definition) is 2. The van der Waals surface area contributed by atoms with Crippen LogP contribution in [0.5, 0.6) is 0 Å². The van der Waals surface area contributed by atoms with Crippen LogP contribution in [0.3, 0.4) is 0 Å². The molecule has 1 aromatic rings. The second-order valence-electron chi connectivity index (χ2n) is 4.78. The van der Waals surface area contributed by atoms with E-state index in [0.717, 1.165) is 18.9 Å². The summed E-state index contributed by atoms with van der Waals surface area (Å²) >= 11 is 0. The van der Waals surface area contributed by atoms with Crippen LogP contribution < -0.4 is 5.32 Å². The van der Waals surface area contributed by atoms with Crippen LogP contribution in [0.4, 0.5) is 14.5 Å². The molecule has 1 saturated carbocycles. The normalized spacial score (nSPS) is 17.7. The van der Waals surface area contributed by atoms with E-state index >= 15 is 0 Å². The average molecular weight is 255 g/mol. The topological polar surface area (TPSA) is 49.3 Å². The van der Waals surface area contributed by atoms with Gasteiger partial charge in [-0.2, -0.15) is 0 Å². The Labute approximate surface area is 104 Å². The predicted molar refractivity (Wildman–Crippen MR) is 63.0 cm³/mol. The zero-order valence-corrected chi connectivity index (χ0v) is 9.88. The molecule has 98 valence electrons. The van der Waals surface area contributed by atoms with Crippen LogP contribution >= 0.6 is 0 Å². The van der Waals surface area contributed by atoms with E-state index in [2.05, 4.69) is 5.32 Å². The number of nitrogens with one attached hydrogen (secondary N) is 1. The Morgan fingerprint density at radius 2 is 2.00 bits per heavy atom. The quantitative estimate of drug-likeness (QED) is 0.872. The van der Waals surface area contributed by atoms with Gasteiger partial charge in [0.2, 0.25) is 5.91 Å². The predicted octanol–water partition coefficient (Wildman–Crippen LogP) is 2.60. The lowest BCUT2D eigenvalue weighted by molar-refractivity contribution is -0.120. The molecule has 1 aliphatic rings. The number of rotatable bonds is 3. The van der Waals surface area contributed by atoms with Crippen molar-refractivity contribution in [3.63, 3.8) is 0 Å². The summed E-state index contributed by atoms with van der Waals surface area (Å²) in [4.78, 5) is 11.7. The Hall–Kier alpha value is -1.49. The first-order chi connectivity index (χ1) is 8.48. The van der Waals surface area contributed by atoms with Crippen molar-refractivity contribution < 1.29 is 18.7 Å². The van der Waals surface area contributed by atoms with E-state index in [1.165, 1.54) is 6.07 Å². The highest BCUT2D eigenvalue weighted by atomic mass is 19.1. The minimum absolute atomic E-state index is 0.0518. The van der Waals surface area contributed by atoms with Gasteiger partial charge in [0.05, 0.1) is 17.7 Å². The first-order valence-corrected chi connectivity index (χ1v) is 5.96. The third-order valence-electron chi connectivity index (χ3n) is 3.23. The highest BCUT2D eigenvalue weighted by Gasteiger charge is 2.33. The standard InChI is InChI=1S/C13H15F2NO2/c14-9-3-4-11(10(15)7-9)16-12(17)8-13(18)5-1-2-6-13/h3-4,7,18H,1-2,5-6,8H2,(H,16,17). The van der Waals surface area contributed by atoms with E-state index in [4.69, 9.17) is 0 Å². The second kappa shape index (κ2) is 5.02. The first-order valence-electron chi connectivity index (χ1n) is 5.96. The fourth-order valence-electron chi connectivity index (χ4n) is 2.29. The van der Waals surface area contributed by atoms with Gasteiger partial charge in [0.15, 0.2) is 0 Å². The SMILES string of the molecule is O=C(CC1(O)CCCC1)Nc1ccc(F)cc1F. The van der Waals surface area contributed by atoms with Gasteiger partial charge >= 0.3 is 0 Å². The van der Waals surface area contributed by atoms with Crippen LogP contribution in [-0.4, -0.2) is 16.6 Å². The van der Waals surface area contributed by atoms with E-state index in [0.29, 0.717) is 18.9 Å². The zero-order valence-electron chi connectivity index (χ0n) is 9.88. The summed E-state index contributed by atoms with van der Waals surface area (Å²) in [5.74, 6) is -1.97. The van der Waals surface area contributed by atoms with Gasteiger partial charge in [-0.25, -0.2) is 8.78 Å². The van der Waals surface area contributed by atoms with Gasteiger partial charge in [-0.15, -0.1) is 0 Å². The molecule has 0 unspecified atom stereocenters. The van der Waals surface area contributed by atoms with Crippen LogP contribution in [0.2, 0.25) is 0 Å².